The number of aliphatic hydroxyl groups excluding tert-OH is 1. The minimum absolute atomic E-state index is 0.0141. The zero-order valence-corrected chi connectivity index (χ0v) is 18.8. The van der Waals surface area contributed by atoms with Crippen LogP contribution in [0.25, 0.3) is 11.3 Å². The third-order valence-electron chi connectivity index (χ3n) is 7.31. The first-order valence-electron chi connectivity index (χ1n) is 12.3. The number of likely N-dealkylation sites (tertiary alicyclic amines) is 1. The van der Waals surface area contributed by atoms with Crippen molar-refractivity contribution in [3.63, 3.8) is 0 Å². The molecule has 2 aliphatic heterocycles. The van der Waals surface area contributed by atoms with E-state index in [9.17, 15) is 9.90 Å². The van der Waals surface area contributed by atoms with Gasteiger partial charge in [0, 0.05) is 37.3 Å². The number of rotatable bonds is 6. The van der Waals surface area contributed by atoms with E-state index in [-0.39, 0.29) is 18.6 Å². The summed E-state index contributed by atoms with van der Waals surface area (Å²) in [5.41, 5.74) is 2.81. The zero-order chi connectivity index (χ0) is 21.9. The number of carbonyl (C=O) groups excluding carboxylic acids is 1. The largest absolute Gasteiger partial charge is 0.394 e. The maximum absolute atomic E-state index is 13.5. The number of hydrogen-bond donors (Lipinski definition) is 1. The lowest BCUT2D eigenvalue weighted by molar-refractivity contribution is -0.137. The van der Waals surface area contributed by atoms with Crippen LogP contribution in [0.5, 0.6) is 0 Å². The highest BCUT2D eigenvalue weighted by Gasteiger charge is 2.37. The van der Waals surface area contributed by atoms with Gasteiger partial charge >= 0.3 is 0 Å². The molecular formula is C24H34N6O2. The van der Waals surface area contributed by atoms with Crippen LogP contribution in [0, 0.1) is 5.92 Å². The van der Waals surface area contributed by atoms with Gasteiger partial charge in [0.1, 0.15) is 0 Å². The molecule has 2 aromatic heterocycles. The smallest absolute Gasteiger partial charge is 0.226 e. The molecule has 5 rings (SSSR count). The Kier molecular flexibility index (Phi) is 6.39. The van der Waals surface area contributed by atoms with Crippen molar-refractivity contribution in [2.45, 2.75) is 70.4 Å². The van der Waals surface area contributed by atoms with Crippen LogP contribution >= 0.6 is 0 Å². The van der Waals surface area contributed by atoms with Crippen molar-refractivity contribution in [1.82, 2.24) is 24.6 Å². The molecule has 4 heterocycles. The Morgan fingerprint density at radius 3 is 2.62 bits per heavy atom. The molecule has 1 amide bonds. The molecule has 8 heteroatoms. The number of hydrogen-bond acceptors (Lipinski definition) is 6. The van der Waals surface area contributed by atoms with Gasteiger partial charge in [0.15, 0.2) is 0 Å². The lowest BCUT2D eigenvalue weighted by atomic mass is 9.88. The quantitative estimate of drug-likeness (QED) is 0.745. The predicted molar refractivity (Wildman–Crippen MR) is 122 cm³/mol. The van der Waals surface area contributed by atoms with E-state index < -0.39 is 0 Å². The lowest BCUT2D eigenvalue weighted by Crippen LogP contribution is -2.37. The first-order chi connectivity index (χ1) is 15.8. The fraction of sp³-hybridized carbons (Fsp3) is 0.667. The third-order valence-corrected chi connectivity index (χ3v) is 7.31. The van der Waals surface area contributed by atoms with Crippen molar-refractivity contribution in [2.24, 2.45) is 5.92 Å². The SMILES string of the molecule is O=C(C1CCCCC1)N1CCCC1c1c(-c2ccnc(N3CCCC3)n2)cnn1CCO. The fourth-order valence-corrected chi connectivity index (χ4v) is 5.68. The highest BCUT2D eigenvalue weighted by Crippen LogP contribution is 2.39. The highest BCUT2D eigenvalue weighted by molar-refractivity contribution is 5.80. The van der Waals surface area contributed by atoms with Gasteiger partial charge in [-0.2, -0.15) is 5.10 Å². The van der Waals surface area contributed by atoms with Crippen LogP contribution in [-0.4, -0.2) is 61.9 Å². The van der Waals surface area contributed by atoms with Gasteiger partial charge in [-0.1, -0.05) is 19.3 Å². The van der Waals surface area contributed by atoms with E-state index in [4.69, 9.17) is 4.98 Å². The molecule has 0 spiro atoms. The zero-order valence-electron chi connectivity index (χ0n) is 18.8. The first-order valence-corrected chi connectivity index (χ1v) is 12.3. The minimum Gasteiger partial charge on any atom is -0.394 e. The van der Waals surface area contributed by atoms with E-state index in [0.29, 0.717) is 12.5 Å². The van der Waals surface area contributed by atoms with E-state index in [1.807, 2.05) is 23.1 Å². The molecule has 0 bridgehead atoms. The van der Waals surface area contributed by atoms with Crippen LogP contribution in [0.2, 0.25) is 0 Å². The molecule has 0 aromatic carbocycles. The maximum Gasteiger partial charge on any atom is 0.226 e. The van der Waals surface area contributed by atoms with Gasteiger partial charge in [-0.05, 0) is 44.6 Å². The Hall–Kier alpha value is -2.48. The van der Waals surface area contributed by atoms with E-state index in [1.54, 1.807) is 0 Å². The molecule has 1 aliphatic carbocycles. The van der Waals surface area contributed by atoms with Crippen LogP contribution in [0.3, 0.4) is 0 Å². The van der Waals surface area contributed by atoms with Crippen molar-refractivity contribution >= 4 is 11.9 Å². The summed E-state index contributed by atoms with van der Waals surface area (Å²) in [6, 6.07) is 1.92. The van der Waals surface area contributed by atoms with E-state index >= 15 is 0 Å². The second kappa shape index (κ2) is 9.57. The van der Waals surface area contributed by atoms with Crippen molar-refractivity contribution in [1.29, 1.82) is 0 Å². The molecule has 8 nitrogen and oxygen atoms in total. The second-order valence-electron chi connectivity index (χ2n) is 9.35. The summed E-state index contributed by atoms with van der Waals surface area (Å²) in [4.78, 5) is 27.2. The Morgan fingerprint density at radius 1 is 1.03 bits per heavy atom. The number of amides is 1. The highest BCUT2D eigenvalue weighted by atomic mass is 16.3. The van der Waals surface area contributed by atoms with E-state index in [2.05, 4.69) is 19.9 Å². The van der Waals surface area contributed by atoms with Gasteiger partial charge in [0.25, 0.3) is 0 Å². The molecule has 1 N–H and O–H groups in total. The van der Waals surface area contributed by atoms with Crippen molar-refractivity contribution in [3.8, 4) is 11.3 Å². The van der Waals surface area contributed by atoms with E-state index in [0.717, 1.165) is 81.1 Å². The predicted octanol–water partition coefficient (Wildman–Crippen LogP) is 3.18. The molecule has 1 atom stereocenters. The van der Waals surface area contributed by atoms with Crippen molar-refractivity contribution in [2.75, 3.05) is 31.1 Å². The Balaban J connectivity index is 1.48. The molecular weight excluding hydrogens is 404 g/mol. The topological polar surface area (TPSA) is 87.4 Å². The van der Waals surface area contributed by atoms with Gasteiger partial charge in [-0.25, -0.2) is 9.97 Å². The standard InChI is InChI=1S/C24H34N6O2/c31-16-15-30-22(21-9-6-14-29(21)23(32)18-7-2-1-3-8-18)19(17-26-30)20-10-11-25-24(27-20)28-12-4-5-13-28/h10-11,17-18,21,31H,1-9,12-16H2. The molecule has 1 unspecified atom stereocenters. The van der Waals surface area contributed by atoms with Crippen molar-refractivity contribution in [3.05, 3.63) is 24.2 Å². The Morgan fingerprint density at radius 2 is 1.84 bits per heavy atom. The van der Waals surface area contributed by atoms with Gasteiger partial charge < -0.3 is 14.9 Å². The molecule has 32 heavy (non-hydrogen) atoms. The average molecular weight is 439 g/mol. The van der Waals surface area contributed by atoms with Crippen LogP contribution < -0.4 is 4.90 Å². The summed E-state index contributed by atoms with van der Waals surface area (Å²) in [5.74, 6) is 1.22. The average Bonchev–Trinajstić information content (AvgIpc) is 3.60. The Bertz CT molecular complexity index is 932. The number of aliphatic hydroxyl groups is 1. The van der Waals surface area contributed by atoms with Gasteiger partial charge in [0.2, 0.25) is 11.9 Å². The lowest BCUT2D eigenvalue weighted by Gasteiger charge is -2.31. The molecule has 3 fully saturated rings. The second-order valence-corrected chi connectivity index (χ2v) is 9.35. The molecule has 1 saturated carbocycles. The minimum atomic E-state index is -0.0151. The maximum atomic E-state index is 13.5. The molecule has 0 radical (unpaired) electrons. The summed E-state index contributed by atoms with van der Waals surface area (Å²) in [6.45, 7) is 3.22. The normalized spacial score (nSPS) is 22.1. The van der Waals surface area contributed by atoms with Crippen molar-refractivity contribution < 1.29 is 9.90 Å². The molecule has 2 aromatic rings. The van der Waals surface area contributed by atoms with Gasteiger partial charge in [0.05, 0.1) is 36.8 Å². The molecule has 2 saturated heterocycles. The van der Waals surface area contributed by atoms with E-state index in [1.165, 1.54) is 19.3 Å². The summed E-state index contributed by atoms with van der Waals surface area (Å²) in [6.07, 6.45) is 13.5. The molecule has 172 valence electrons. The monoisotopic (exact) mass is 438 g/mol. The van der Waals surface area contributed by atoms with Crippen LogP contribution in [-0.2, 0) is 11.3 Å². The van der Waals surface area contributed by atoms with Crippen LogP contribution in [0.15, 0.2) is 18.5 Å². The van der Waals surface area contributed by atoms with Crippen LogP contribution in [0.4, 0.5) is 5.95 Å². The fourth-order valence-electron chi connectivity index (χ4n) is 5.68. The number of carbonyl (C=O) groups is 1. The number of anilines is 1. The van der Waals surface area contributed by atoms with Crippen LogP contribution in [0.1, 0.15) is 69.5 Å². The summed E-state index contributed by atoms with van der Waals surface area (Å²) >= 11 is 0. The number of aromatic nitrogens is 4. The summed E-state index contributed by atoms with van der Waals surface area (Å²) < 4.78 is 1.88. The summed E-state index contributed by atoms with van der Waals surface area (Å²) in [7, 11) is 0. The Labute approximate surface area is 189 Å². The van der Waals surface area contributed by atoms with Gasteiger partial charge in [-0.15, -0.1) is 0 Å². The summed E-state index contributed by atoms with van der Waals surface area (Å²) in [5, 5.41) is 14.3. The molecule has 3 aliphatic rings. The van der Waals surface area contributed by atoms with Gasteiger partial charge in [-0.3, -0.25) is 9.48 Å². The third kappa shape index (κ3) is 4.12. The first kappa shape index (κ1) is 21.4. The number of nitrogens with zero attached hydrogens (tertiary/aromatic N) is 6.